The van der Waals surface area contributed by atoms with E-state index in [1.54, 1.807) is 0 Å². The molecule has 1 atom stereocenters. The fourth-order valence-corrected chi connectivity index (χ4v) is 3.22. The molecule has 1 aromatic rings. The van der Waals surface area contributed by atoms with Crippen molar-refractivity contribution in [2.24, 2.45) is 5.92 Å². The first kappa shape index (κ1) is 14.8. The highest BCUT2D eigenvalue weighted by Gasteiger charge is 2.21. The van der Waals surface area contributed by atoms with E-state index in [-0.39, 0.29) is 0 Å². The van der Waals surface area contributed by atoms with Crippen LogP contribution in [0, 0.1) is 12.8 Å². The predicted octanol–water partition coefficient (Wildman–Crippen LogP) is 3.37. The lowest BCUT2D eigenvalue weighted by molar-refractivity contribution is 0.391. The summed E-state index contributed by atoms with van der Waals surface area (Å²) in [5.41, 5.74) is 1.26. The molecule has 0 amide bonds. The van der Waals surface area contributed by atoms with Gasteiger partial charge in [0.2, 0.25) is 0 Å². The number of hydrogen-bond acceptors (Lipinski definition) is 3. The van der Waals surface area contributed by atoms with Gasteiger partial charge in [-0.25, -0.2) is 4.98 Å². The van der Waals surface area contributed by atoms with Crippen LogP contribution in [0.1, 0.15) is 31.7 Å². The average Bonchev–Trinajstić information content (AvgIpc) is 2.39. The smallest absolute Gasteiger partial charge is 0.131 e. The van der Waals surface area contributed by atoms with Crippen LogP contribution in [0.25, 0.3) is 0 Å². The van der Waals surface area contributed by atoms with E-state index < -0.39 is 0 Å². The van der Waals surface area contributed by atoms with E-state index in [1.807, 2.05) is 6.20 Å². The monoisotopic (exact) mass is 325 g/mol. The van der Waals surface area contributed by atoms with Crippen molar-refractivity contribution in [2.45, 2.75) is 33.1 Å². The summed E-state index contributed by atoms with van der Waals surface area (Å²) in [5.74, 6) is 1.91. The van der Waals surface area contributed by atoms with E-state index in [0.717, 1.165) is 42.4 Å². The Bertz CT molecular complexity index is 408. The molecule has 0 aliphatic carbocycles. The molecule has 3 nitrogen and oxygen atoms in total. The predicted molar refractivity (Wildman–Crippen MR) is 84.8 cm³/mol. The third-order valence-corrected chi connectivity index (χ3v) is 4.13. The molecule has 2 heterocycles. The Morgan fingerprint density at radius 1 is 1.53 bits per heavy atom. The van der Waals surface area contributed by atoms with Gasteiger partial charge in [0, 0.05) is 23.8 Å². The van der Waals surface area contributed by atoms with E-state index in [4.69, 9.17) is 0 Å². The van der Waals surface area contributed by atoms with Gasteiger partial charge in [0.15, 0.2) is 0 Å². The molecule has 4 heteroatoms. The van der Waals surface area contributed by atoms with E-state index >= 15 is 0 Å². The van der Waals surface area contributed by atoms with E-state index in [2.05, 4.69) is 51.0 Å². The summed E-state index contributed by atoms with van der Waals surface area (Å²) in [5, 5.41) is 3.55. The average molecular weight is 326 g/mol. The summed E-state index contributed by atoms with van der Waals surface area (Å²) in [4.78, 5) is 7.04. The van der Waals surface area contributed by atoms with Crippen molar-refractivity contribution < 1.29 is 0 Å². The fraction of sp³-hybridized carbons (Fsp3) is 0.667. The highest BCUT2D eigenvalue weighted by Crippen LogP contribution is 2.25. The Hall–Kier alpha value is -0.610. The molecular weight excluding hydrogens is 302 g/mol. The first-order valence-electron chi connectivity index (χ1n) is 7.28. The van der Waals surface area contributed by atoms with Gasteiger partial charge < -0.3 is 10.2 Å². The summed E-state index contributed by atoms with van der Waals surface area (Å²) in [7, 11) is 0. The molecule has 1 aliphatic heterocycles. The Balaban J connectivity index is 1.96. The molecule has 1 N–H and O–H groups in total. The maximum atomic E-state index is 4.59. The molecule has 0 aromatic carbocycles. The quantitative estimate of drug-likeness (QED) is 0.841. The number of nitrogens with one attached hydrogen (secondary N) is 1. The highest BCUT2D eigenvalue weighted by atomic mass is 79.9. The van der Waals surface area contributed by atoms with Crippen molar-refractivity contribution in [3.63, 3.8) is 0 Å². The van der Waals surface area contributed by atoms with Crippen LogP contribution in [-0.4, -0.2) is 31.2 Å². The normalized spacial score (nSPS) is 19.7. The second-order valence-electron chi connectivity index (χ2n) is 5.45. The zero-order valence-electron chi connectivity index (χ0n) is 12.0. The molecule has 19 heavy (non-hydrogen) atoms. The Kier molecular flexibility index (Phi) is 5.64. The number of piperidine rings is 1. The molecule has 1 aliphatic rings. The van der Waals surface area contributed by atoms with E-state index in [1.165, 1.54) is 24.8 Å². The highest BCUT2D eigenvalue weighted by molar-refractivity contribution is 9.10. The number of pyridine rings is 1. The van der Waals surface area contributed by atoms with Gasteiger partial charge in [-0.15, -0.1) is 0 Å². The third-order valence-electron chi connectivity index (χ3n) is 3.70. The molecule has 1 saturated heterocycles. The van der Waals surface area contributed by atoms with Crippen LogP contribution < -0.4 is 10.2 Å². The molecule has 0 saturated carbocycles. The van der Waals surface area contributed by atoms with Gasteiger partial charge in [0.05, 0.1) is 0 Å². The van der Waals surface area contributed by atoms with Gasteiger partial charge in [-0.3, -0.25) is 0 Å². The summed E-state index contributed by atoms with van der Waals surface area (Å²) in [6.07, 6.45) is 5.73. The number of nitrogens with zero attached hydrogens (tertiary/aromatic N) is 2. The van der Waals surface area contributed by atoms with Crippen molar-refractivity contribution in [3.8, 4) is 0 Å². The van der Waals surface area contributed by atoms with Crippen LogP contribution >= 0.6 is 15.9 Å². The number of aryl methyl sites for hydroxylation is 1. The Labute approximate surface area is 124 Å². The summed E-state index contributed by atoms with van der Waals surface area (Å²) >= 11 is 3.48. The number of hydrogen-bond donors (Lipinski definition) is 1. The Morgan fingerprint density at radius 2 is 2.37 bits per heavy atom. The van der Waals surface area contributed by atoms with Gasteiger partial charge in [0.25, 0.3) is 0 Å². The van der Waals surface area contributed by atoms with E-state index in [0.29, 0.717) is 0 Å². The second kappa shape index (κ2) is 7.25. The lowest BCUT2D eigenvalue weighted by Crippen LogP contribution is -2.40. The molecule has 0 radical (unpaired) electrons. The van der Waals surface area contributed by atoms with Crippen molar-refractivity contribution >= 4 is 21.7 Å². The molecule has 0 spiro atoms. The van der Waals surface area contributed by atoms with Crippen LogP contribution in [0.15, 0.2) is 16.7 Å². The standard InChI is InChI=1S/C15H24BrN3/c1-3-6-17-9-13-5-4-7-19(11-13)15-12(2)8-14(16)10-18-15/h8,10,13,17H,3-7,9,11H2,1-2H3. The third kappa shape index (κ3) is 4.18. The first-order valence-corrected chi connectivity index (χ1v) is 8.07. The minimum atomic E-state index is 0.755. The molecular formula is C15H24BrN3. The topological polar surface area (TPSA) is 28.2 Å². The SMILES string of the molecule is CCCNCC1CCCN(c2ncc(Br)cc2C)C1. The second-order valence-corrected chi connectivity index (χ2v) is 6.37. The zero-order valence-corrected chi connectivity index (χ0v) is 13.5. The van der Waals surface area contributed by atoms with Crippen molar-refractivity contribution in [2.75, 3.05) is 31.1 Å². The summed E-state index contributed by atoms with van der Waals surface area (Å²) in [6, 6.07) is 2.15. The maximum absolute atomic E-state index is 4.59. The van der Waals surface area contributed by atoms with Crippen LogP contribution in [0.5, 0.6) is 0 Å². The number of rotatable bonds is 5. The number of aromatic nitrogens is 1. The van der Waals surface area contributed by atoms with Gasteiger partial charge in [-0.2, -0.15) is 0 Å². The molecule has 1 aromatic heterocycles. The van der Waals surface area contributed by atoms with Gasteiger partial charge in [0.1, 0.15) is 5.82 Å². The number of anilines is 1. The molecule has 1 fully saturated rings. The molecule has 1 unspecified atom stereocenters. The summed E-state index contributed by atoms with van der Waals surface area (Å²) < 4.78 is 1.06. The molecule has 2 rings (SSSR count). The molecule has 106 valence electrons. The van der Waals surface area contributed by atoms with Gasteiger partial charge in [-0.1, -0.05) is 6.92 Å². The minimum absolute atomic E-state index is 0.755. The minimum Gasteiger partial charge on any atom is -0.356 e. The first-order chi connectivity index (χ1) is 9.20. The van der Waals surface area contributed by atoms with Gasteiger partial charge >= 0.3 is 0 Å². The maximum Gasteiger partial charge on any atom is 0.131 e. The lowest BCUT2D eigenvalue weighted by atomic mass is 9.97. The Morgan fingerprint density at radius 3 is 3.11 bits per heavy atom. The van der Waals surface area contributed by atoms with Crippen molar-refractivity contribution in [1.82, 2.24) is 10.3 Å². The van der Waals surface area contributed by atoms with Crippen LogP contribution in [0.3, 0.4) is 0 Å². The van der Waals surface area contributed by atoms with Crippen LogP contribution in [0.4, 0.5) is 5.82 Å². The molecule has 0 bridgehead atoms. The van der Waals surface area contributed by atoms with Gasteiger partial charge in [-0.05, 0) is 72.8 Å². The van der Waals surface area contributed by atoms with E-state index in [9.17, 15) is 0 Å². The van der Waals surface area contributed by atoms with Crippen LogP contribution in [-0.2, 0) is 0 Å². The van der Waals surface area contributed by atoms with Crippen LogP contribution in [0.2, 0.25) is 0 Å². The summed E-state index contributed by atoms with van der Waals surface area (Å²) in [6.45, 7) is 8.90. The van der Waals surface area contributed by atoms with Crippen molar-refractivity contribution in [1.29, 1.82) is 0 Å². The zero-order chi connectivity index (χ0) is 13.7. The fourth-order valence-electron chi connectivity index (χ4n) is 2.77. The lowest BCUT2D eigenvalue weighted by Gasteiger charge is -2.34. The number of halogens is 1. The van der Waals surface area contributed by atoms with Crippen molar-refractivity contribution in [3.05, 3.63) is 22.3 Å². The largest absolute Gasteiger partial charge is 0.356 e.